The quantitative estimate of drug-likeness (QED) is 0.482. The third-order valence-corrected chi connectivity index (χ3v) is 5.76. The molecular weight excluding hydrogens is 392 g/mol. The zero-order chi connectivity index (χ0) is 23.0. The summed E-state index contributed by atoms with van der Waals surface area (Å²) < 4.78 is 6.15. The fourth-order valence-electron chi connectivity index (χ4n) is 3.83. The van der Waals surface area contributed by atoms with E-state index in [1.54, 1.807) is 37.3 Å². The van der Waals surface area contributed by atoms with E-state index in [4.69, 9.17) is 4.74 Å². The minimum Gasteiger partial charge on any atom is -0.508 e. The second-order valence-electron chi connectivity index (χ2n) is 9.24. The first kappa shape index (κ1) is 22.6. The molecule has 1 heterocycles. The summed E-state index contributed by atoms with van der Waals surface area (Å²) in [5, 5.41) is 20.3. The lowest BCUT2D eigenvalue weighted by Crippen LogP contribution is -2.42. The number of aromatic hydroxyl groups is 1. The summed E-state index contributed by atoms with van der Waals surface area (Å²) >= 11 is 0. The molecule has 0 unspecified atom stereocenters. The summed E-state index contributed by atoms with van der Waals surface area (Å²) in [7, 11) is 0. The van der Waals surface area contributed by atoms with E-state index in [0.29, 0.717) is 24.2 Å². The molecule has 5 heteroatoms. The highest BCUT2D eigenvalue weighted by Gasteiger charge is 2.50. The number of hydrogen-bond donors (Lipinski definition) is 2. The summed E-state index contributed by atoms with van der Waals surface area (Å²) in [6.07, 6.45) is 6.37. The monoisotopic (exact) mass is 422 g/mol. The van der Waals surface area contributed by atoms with Crippen LogP contribution in [0.25, 0.3) is 0 Å². The van der Waals surface area contributed by atoms with Gasteiger partial charge in [-0.3, -0.25) is 9.59 Å². The van der Waals surface area contributed by atoms with Gasteiger partial charge >= 0.3 is 0 Å². The Hall–Kier alpha value is -3.08. The fraction of sp³-hybridized carbons (Fsp3) is 0.385. The first-order valence-electron chi connectivity index (χ1n) is 10.5. The first-order chi connectivity index (χ1) is 14.4. The van der Waals surface area contributed by atoms with E-state index in [2.05, 4.69) is 0 Å². The average Bonchev–Trinajstić information content (AvgIpc) is 2.70. The van der Waals surface area contributed by atoms with Crippen molar-refractivity contribution in [3.63, 3.8) is 0 Å². The summed E-state index contributed by atoms with van der Waals surface area (Å²) in [6.45, 7) is 9.46. The Kier molecular flexibility index (Phi) is 5.99. The third-order valence-electron chi connectivity index (χ3n) is 5.76. The molecule has 1 aliphatic carbocycles. The van der Waals surface area contributed by atoms with Crippen LogP contribution in [0.5, 0.6) is 5.75 Å². The molecule has 2 N–H and O–H groups in total. The molecule has 0 bridgehead atoms. The minimum absolute atomic E-state index is 0.0767. The molecule has 31 heavy (non-hydrogen) atoms. The van der Waals surface area contributed by atoms with Crippen molar-refractivity contribution in [2.45, 2.75) is 59.5 Å². The Morgan fingerprint density at radius 2 is 1.74 bits per heavy atom. The number of benzene rings is 1. The van der Waals surface area contributed by atoms with Gasteiger partial charge in [-0.05, 0) is 77.3 Å². The van der Waals surface area contributed by atoms with Gasteiger partial charge in [-0.1, -0.05) is 23.8 Å². The van der Waals surface area contributed by atoms with E-state index in [0.717, 1.165) is 11.1 Å². The molecular formula is C26H30O5. The number of hydrogen-bond acceptors (Lipinski definition) is 5. The number of phenols is 1. The third kappa shape index (κ3) is 4.50. The Morgan fingerprint density at radius 3 is 2.35 bits per heavy atom. The summed E-state index contributed by atoms with van der Waals surface area (Å²) in [5.41, 5.74) is 0.466. The number of aliphatic hydroxyl groups excluding tert-OH is 1. The van der Waals surface area contributed by atoms with Crippen LogP contribution in [0.15, 0.2) is 70.7 Å². The van der Waals surface area contributed by atoms with Crippen LogP contribution >= 0.6 is 0 Å². The topological polar surface area (TPSA) is 83.8 Å². The maximum absolute atomic E-state index is 13.6. The summed E-state index contributed by atoms with van der Waals surface area (Å²) in [6, 6.07) is 6.58. The van der Waals surface area contributed by atoms with Crippen LogP contribution in [-0.2, 0) is 20.7 Å². The molecule has 0 saturated heterocycles. The summed E-state index contributed by atoms with van der Waals surface area (Å²) in [5.74, 6) is -0.557. The van der Waals surface area contributed by atoms with Crippen LogP contribution in [0.4, 0.5) is 0 Å². The van der Waals surface area contributed by atoms with Gasteiger partial charge < -0.3 is 14.9 Å². The molecule has 0 aromatic heterocycles. The maximum Gasteiger partial charge on any atom is 0.183 e. The van der Waals surface area contributed by atoms with Crippen molar-refractivity contribution >= 4 is 11.6 Å². The van der Waals surface area contributed by atoms with E-state index < -0.39 is 22.6 Å². The van der Waals surface area contributed by atoms with E-state index in [9.17, 15) is 19.8 Å². The number of phenolic OH excluding ortho intramolecular Hbond substituents is 1. The standard InChI is InChI=1S/C26H30O5/c1-16(2)12-15-26(5)23(30)21(20(28)11-8-17-6-9-18(27)10-7-17)22(29)19-13-14-25(3,4)31-24(19)26/h6-7,9-10,12-14,27,29H,8,11,15H2,1-5H3/t26-/m0/s1. The van der Waals surface area contributed by atoms with E-state index >= 15 is 0 Å². The molecule has 0 saturated carbocycles. The smallest absolute Gasteiger partial charge is 0.183 e. The van der Waals surface area contributed by atoms with Gasteiger partial charge in [-0.15, -0.1) is 0 Å². The fourth-order valence-corrected chi connectivity index (χ4v) is 3.83. The number of ether oxygens (including phenoxy) is 1. The number of carbonyl (C=O) groups is 2. The van der Waals surface area contributed by atoms with Gasteiger partial charge in [0.2, 0.25) is 0 Å². The number of Topliss-reactive ketones (excluding diaryl/α,β-unsaturated/α-hetero) is 2. The number of aryl methyl sites for hydroxylation is 1. The van der Waals surface area contributed by atoms with Crippen molar-refractivity contribution in [3.8, 4) is 5.75 Å². The molecule has 0 fully saturated rings. The van der Waals surface area contributed by atoms with Gasteiger partial charge in [0, 0.05) is 6.42 Å². The Morgan fingerprint density at radius 1 is 1.10 bits per heavy atom. The van der Waals surface area contributed by atoms with Crippen molar-refractivity contribution in [1.29, 1.82) is 0 Å². The Bertz CT molecular complexity index is 1030. The van der Waals surface area contributed by atoms with E-state index in [-0.39, 0.29) is 23.5 Å². The Labute approximate surface area is 183 Å². The first-order valence-corrected chi connectivity index (χ1v) is 10.5. The minimum atomic E-state index is -1.08. The molecule has 2 aliphatic rings. The van der Waals surface area contributed by atoms with Crippen molar-refractivity contribution < 1.29 is 24.5 Å². The Balaban J connectivity index is 1.99. The molecule has 0 radical (unpaired) electrons. The largest absolute Gasteiger partial charge is 0.508 e. The molecule has 164 valence electrons. The van der Waals surface area contributed by atoms with Crippen molar-refractivity contribution in [3.05, 3.63) is 76.3 Å². The molecule has 1 atom stereocenters. The number of carbonyl (C=O) groups excluding carboxylic acids is 2. The second-order valence-corrected chi connectivity index (χ2v) is 9.24. The zero-order valence-electron chi connectivity index (χ0n) is 18.8. The van der Waals surface area contributed by atoms with Crippen LogP contribution in [-0.4, -0.2) is 27.4 Å². The van der Waals surface area contributed by atoms with Crippen LogP contribution < -0.4 is 0 Å². The van der Waals surface area contributed by atoms with Crippen LogP contribution in [0.2, 0.25) is 0 Å². The molecule has 0 spiro atoms. The van der Waals surface area contributed by atoms with Crippen LogP contribution in [0.3, 0.4) is 0 Å². The van der Waals surface area contributed by atoms with Crippen LogP contribution in [0, 0.1) is 5.41 Å². The average molecular weight is 423 g/mol. The molecule has 1 aliphatic heterocycles. The van der Waals surface area contributed by atoms with Crippen molar-refractivity contribution in [2.24, 2.45) is 5.41 Å². The van der Waals surface area contributed by atoms with E-state index in [1.165, 1.54) is 0 Å². The van der Waals surface area contributed by atoms with Crippen molar-refractivity contribution in [1.82, 2.24) is 0 Å². The highest BCUT2D eigenvalue weighted by Crippen LogP contribution is 2.48. The van der Waals surface area contributed by atoms with Gasteiger partial charge in [0.15, 0.2) is 11.6 Å². The second kappa shape index (κ2) is 8.22. The van der Waals surface area contributed by atoms with Gasteiger partial charge in [0.25, 0.3) is 0 Å². The predicted octanol–water partition coefficient (Wildman–Crippen LogP) is 5.27. The molecule has 3 rings (SSSR count). The normalized spacial score (nSPS) is 22.2. The maximum atomic E-state index is 13.6. The van der Waals surface area contributed by atoms with Crippen molar-refractivity contribution in [2.75, 3.05) is 0 Å². The van der Waals surface area contributed by atoms with Gasteiger partial charge in [0.1, 0.15) is 28.4 Å². The lowest BCUT2D eigenvalue weighted by molar-refractivity contribution is -0.129. The molecule has 1 aromatic rings. The number of aliphatic hydroxyl groups is 1. The lowest BCUT2D eigenvalue weighted by atomic mass is 9.69. The number of ketones is 2. The highest BCUT2D eigenvalue weighted by atomic mass is 16.5. The number of allylic oxidation sites excluding steroid dienone is 5. The van der Waals surface area contributed by atoms with Gasteiger partial charge in [-0.2, -0.15) is 0 Å². The van der Waals surface area contributed by atoms with Gasteiger partial charge in [0.05, 0.1) is 11.0 Å². The van der Waals surface area contributed by atoms with Gasteiger partial charge in [-0.25, -0.2) is 0 Å². The molecule has 5 nitrogen and oxygen atoms in total. The van der Waals surface area contributed by atoms with Crippen LogP contribution in [0.1, 0.15) is 53.0 Å². The zero-order valence-corrected chi connectivity index (χ0v) is 18.8. The lowest BCUT2D eigenvalue weighted by Gasteiger charge is -2.41. The summed E-state index contributed by atoms with van der Waals surface area (Å²) in [4.78, 5) is 26.7. The SMILES string of the molecule is CC(C)=CC[C@@]1(C)C(=O)C(C(=O)CCc2ccc(O)cc2)=C(O)C2=C1OC(C)(C)C=C2. The molecule has 1 aromatic carbocycles. The number of rotatable bonds is 6. The molecule has 0 amide bonds. The highest BCUT2D eigenvalue weighted by molar-refractivity contribution is 6.24. The predicted molar refractivity (Wildman–Crippen MR) is 120 cm³/mol. The van der Waals surface area contributed by atoms with E-state index in [1.807, 2.05) is 39.8 Å².